The lowest BCUT2D eigenvalue weighted by molar-refractivity contribution is -0.118. The highest BCUT2D eigenvalue weighted by Gasteiger charge is 2.20. The van der Waals surface area contributed by atoms with E-state index < -0.39 is 0 Å². The van der Waals surface area contributed by atoms with E-state index in [4.69, 9.17) is 0 Å². The molecule has 1 heterocycles. The van der Waals surface area contributed by atoms with Crippen molar-refractivity contribution in [3.8, 4) is 0 Å². The lowest BCUT2D eigenvalue weighted by Gasteiger charge is -2.26. The van der Waals surface area contributed by atoms with Gasteiger partial charge in [-0.15, -0.1) is 0 Å². The molecule has 0 aromatic heterocycles. The lowest BCUT2D eigenvalue weighted by Crippen LogP contribution is -2.31. The molecule has 18 heavy (non-hydrogen) atoms. The van der Waals surface area contributed by atoms with E-state index in [2.05, 4.69) is 23.5 Å². The van der Waals surface area contributed by atoms with Crippen LogP contribution in [0.5, 0.6) is 0 Å². The predicted molar refractivity (Wildman–Crippen MR) is 75.0 cm³/mol. The van der Waals surface area contributed by atoms with Crippen molar-refractivity contribution in [3.05, 3.63) is 29.3 Å². The van der Waals surface area contributed by atoms with Crippen LogP contribution in [0.15, 0.2) is 18.2 Å². The van der Waals surface area contributed by atoms with E-state index in [9.17, 15) is 4.79 Å². The highest BCUT2D eigenvalue weighted by Crippen LogP contribution is 2.27. The van der Waals surface area contributed by atoms with Gasteiger partial charge in [0.05, 0.1) is 0 Å². The SMILES string of the molecule is CNCCCCc1ccc2c(c1)CCC(=O)N2C. The summed E-state index contributed by atoms with van der Waals surface area (Å²) in [5.41, 5.74) is 3.81. The summed E-state index contributed by atoms with van der Waals surface area (Å²) in [6.07, 6.45) is 5.10. The zero-order chi connectivity index (χ0) is 13.0. The average molecular weight is 246 g/mol. The molecule has 3 nitrogen and oxygen atoms in total. The minimum atomic E-state index is 0.226. The molecular formula is C15H22N2O. The maximum Gasteiger partial charge on any atom is 0.227 e. The molecule has 1 aromatic carbocycles. The average Bonchev–Trinajstić information content (AvgIpc) is 2.39. The van der Waals surface area contributed by atoms with Crippen LogP contribution in [0.1, 0.15) is 30.4 Å². The van der Waals surface area contributed by atoms with E-state index in [-0.39, 0.29) is 5.91 Å². The standard InChI is InChI=1S/C15H22N2O/c1-16-10-4-3-5-12-6-8-14-13(11-12)7-9-15(18)17(14)2/h6,8,11,16H,3-5,7,9-10H2,1-2H3. The molecule has 0 aliphatic carbocycles. The van der Waals surface area contributed by atoms with Crippen molar-refractivity contribution in [2.45, 2.75) is 32.1 Å². The molecule has 0 unspecified atom stereocenters. The number of amides is 1. The molecule has 1 aromatic rings. The van der Waals surface area contributed by atoms with Crippen LogP contribution in [0.25, 0.3) is 0 Å². The minimum absolute atomic E-state index is 0.226. The van der Waals surface area contributed by atoms with Gasteiger partial charge in [-0.05, 0) is 56.5 Å². The number of carbonyl (C=O) groups is 1. The van der Waals surface area contributed by atoms with Gasteiger partial charge in [0.1, 0.15) is 0 Å². The first-order valence-corrected chi connectivity index (χ1v) is 6.75. The van der Waals surface area contributed by atoms with Crippen LogP contribution in [0.3, 0.4) is 0 Å². The van der Waals surface area contributed by atoms with E-state index >= 15 is 0 Å². The second-order valence-electron chi connectivity index (χ2n) is 4.98. The minimum Gasteiger partial charge on any atom is -0.320 e. The van der Waals surface area contributed by atoms with Gasteiger partial charge in [0, 0.05) is 19.2 Å². The smallest absolute Gasteiger partial charge is 0.227 e. The van der Waals surface area contributed by atoms with Gasteiger partial charge in [-0.3, -0.25) is 4.79 Å². The summed E-state index contributed by atoms with van der Waals surface area (Å²) in [6, 6.07) is 6.53. The number of rotatable bonds is 5. The van der Waals surface area contributed by atoms with E-state index in [1.165, 1.54) is 24.0 Å². The van der Waals surface area contributed by atoms with Crippen LogP contribution in [-0.4, -0.2) is 26.5 Å². The van der Waals surface area contributed by atoms with Crippen LogP contribution in [0, 0.1) is 0 Å². The topological polar surface area (TPSA) is 32.3 Å². The first kappa shape index (κ1) is 13.1. The summed E-state index contributed by atoms with van der Waals surface area (Å²) >= 11 is 0. The molecule has 1 aliphatic rings. The molecule has 1 aliphatic heterocycles. The molecule has 0 spiro atoms. The summed E-state index contributed by atoms with van der Waals surface area (Å²) in [5, 5.41) is 3.17. The molecule has 0 saturated heterocycles. The Bertz CT molecular complexity index is 429. The third kappa shape index (κ3) is 2.91. The summed E-state index contributed by atoms with van der Waals surface area (Å²) in [5.74, 6) is 0.226. The number of aryl methyl sites for hydroxylation is 2. The number of unbranched alkanes of at least 4 members (excludes halogenated alkanes) is 1. The number of hydrogen-bond donors (Lipinski definition) is 1. The van der Waals surface area contributed by atoms with E-state index in [0.717, 1.165) is 25.1 Å². The van der Waals surface area contributed by atoms with Gasteiger partial charge in [0.15, 0.2) is 0 Å². The molecule has 0 fully saturated rings. The lowest BCUT2D eigenvalue weighted by atomic mass is 9.97. The zero-order valence-electron chi connectivity index (χ0n) is 11.3. The van der Waals surface area contributed by atoms with Crippen molar-refractivity contribution in [1.29, 1.82) is 0 Å². The van der Waals surface area contributed by atoms with E-state index in [0.29, 0.717) is 6.42 Å². The number of hydrogen-bond acceptors (Lipinski definition) is 2. The van der Waals surface area contributed by atoms with Crippen molar-refractivity contribution >= 4 is 11.6 Å². The van der Waals surface area contributed by atoms with E-state index in [1.807, 2.05) is 14.1 Å². The Morgan fingerprint density at radius 3 is 2.89 bits per heavy atom. The number of nitrogens with zero attached hydrogens (tertiary/aromatic N) is 1. The number of benzene rings is 1. The monoisotopic (exact) mass is 246 g/mol. The fourth-order valence-electron chi connectivity index (χ4n) is 2.50. The van der Waals surface area contributed by atoms with Gasteiger partial charge in [-0.25, -0.2) is 0 Å². The summed E-state index contributed by atoms with van der Waals surface area (Å²) < 4.78 is 0. The highest BCUT2D eigenvalue weighted by atomic mass is 16.2. The number of nitrogens with one attached hydrogen (secondary N) is 1. The van der Waals surface area contributed by atoms with Crippen molar-refractivity contribution in [2.24, 2.45) is 0 Å². The van der Waals surface area contributed by atoms with Gasteiger partial charge in [-0.2, -0.15) is 0 Å². The number of carbonyl (C=O) groups excluding carboxylic acids is 1. The van der Waals surface area contributed by atoms with Gasteiger partial charge in [0.2, 0.25) is 5.91 Å². The van der Waals surface area contributed by atoms with Gasteiger partial charge >= 0.3 is 0 Å². The molecule has 0 saturated carbocycles. The van der Waals surface area contributed by atoms with E-state index in [1.54, 1.807) is 4.90 Å². The molecule has 1 N–H and O–H groups in total. The third-order valence-electron chi connectivity index (χ3n) is 3.63. The third-order valence-corrected chi connectivity index (χ3v) is 3.63. The molecule has 0 atom stereocenters. The van der Waals surface area contributed by atoms with Gasteiger partial charge in [0.25, 0.3) is 0 Å². The quantitative estimate of drug-likeness (QED) is 0.807. The normalized spacial score (nSPS) is 14.8. The Morgan fingerprint density at radius 1 is 1.28 bits per heavy atom. The fourth-order valence-corrected chi connectivity index (χ4v) is 2.50. The maximum atomic E-state index is 11.6. The molecular weight excluding hydrogens is 224 g/mol. The van der Waals surface area contributed by atoms with Crippen molar-refractivity contribution in [1.82, 2.24) is 5.32 Å². The van der Waals surface area contributed by atoms with Crippen LogP contribution in [-0.2, 0) is 17.6 Å². The predicted octanol–water partition coefficient (Wildman–Crippen LogP) is 2.14. The van der Waals surface area contributed by atoms with Crippen LogP contribution < -0.4 is 10.2 Å². The van der Waals surface area contributed by atoms with Crippen molar-refractivity contribution in [2.75, 3.05) is 25.5 Å². The molecule has 1 amide bonds. The summed E-state index contributed by atoms with van der Waals surface area (Å²) in [4.78, 5) is 13.4. The Morgan fingerprint density at radius 2 is 2.11 bits per heavy atom. The van der Waals surface area contributed by atoms with Crippen LogP contribution in [0.2, 0.25) is 0 Å². The Hall–Kier alpha value is -1.35. The summed E-state index contributed by atoms with van der Waals surface area (Å²) in [7, 11) is 3.86. The fraction of sp³-hybridized carbons (Fsp3) is 0.533. The zero-order valence-corrected chi connectivity index (χ0v) is 11.3. The van der Waals surface area contributed by atoms with Gasteiger partial charge < -0.3 is 10.2 Å². The highest BCUT2D eigenvalue weighted by molar-refractivity contribution is 5.95. The van der Waals surface area contributed by atoms with Gasteiger partial charge in [-0.1, -0.05) is 12.1 Å². The molecule has 2 rings (SSSR count). The van der Waals surface area contributed by atoms with Crippen molar-refractivity contribution in [3.63, 3.8) is 0 Å². The Balaban J connectivity index is 2.01. The summed E-state index contributed by atoms with van der Waals surface area (Å²) in [6.45, 7) is 1.09. The number of fused-ring (bicyclic) bond motifs is 1. The number of anilines is 1. The first-order valence-electron chi connectivity index (χ1n) is 6.75. The van der Waals surface area contributed by atoms with Crippen LogP contribution in [0.4, 0.5) is 5.69 Å². The Kier molecular flexibility index (Phi) is 4.37. The molecule has 0 radical (unpaired) electrons. The molecule has 98 valence electrons. The largest absolute Gasteiger partial charge is 0.320 e. The Labute approximate surface area is 109 Å². The molecule has 3 heteroatoms. The maximum absolute atomic E-state index is 11.6. The first-order chi connectivity index (χ1) is 8.72. The van der Waals surface area contributed by atoms with Crippen molar-refractivity contribution < 1.29 is 4.79 Å². The second-order valence-corrected chi connectivity index (χ2v) is 4.98. The van der Waals surface area contributed by atoms with Crippen LogP contribution >= 0.6 is 0 Å². The molecule has 0 bridgehead atoms. The second kappa shape index (κ2) is 6.01.